The van der Waals surface area contributed by atoms with Crippen LogP contribution in [0.2, 0.25) is 0 Å². The van der Waals surface area contributed by atoms with Crippen LogP contribution in [0.4, 0.5) is 0 Å². The number of hydrogen-bond acceptors (Lipinski definition) is 3. The van der Waals surface area contributed by atoms with Crippen molar-refractivity contribution < 1.29 is 9.53 Å². The highest BCUT2D eigenvalue weighted by atomic mass is 16.5. The Morgan fingerprint density at radius 2 is 2.11 bits per heavy atom. The van der Waals surface area contributed by atoms with Crippen LogP contribution in [0.1, 0.15) is 36.5 Å². The molecule has 0 radical (unpaired) electrons. The highest BCUT2D eigenvalue weighted by Crippen LogP contribution is 2.37. The molecule has 1 aliphatic heterocycles. The summed E-state index contributed by atoms with van der Waals surface area (Å²) in [7, 11) is 0. The normalized spacial score (nSPS) is 25.7. The van der Waals surface area contributed by atoms with Crippen molar-refractivity contribution in [1.82, 2.24) is 4.90 Å². The van der Waals surface area contributed by atoms with Crippen molar-refractivity contribution in [3.63, 3.8) is 0 Å². The van der Waals surface area contributed by atoms with Crippen molar-refractivity contribution in [2.24, 2.45) is 5.92 Å². The second-order valence-corrected chi connectivity index (χ2v) is 5.64. The van der Waals surface area contributed by atoms with E-state index >= 15 is 0 Å². The molecule has 1 aromatic rings. The maximum atomic E-state index is 12.3. The standard InChI is InChI=1S/C16H21NO2/c1-2-19-15-7-4-13(5-8-15)16(18)11-17-10-12-3-6-14(17)9-12/h4-5,7-8,12,14H,2-3,6,9-11H2,1H3. The number of Topliss-reactive ketones (excluding diaryl/α,β-unsaturated/α-hetero) is 1. The van der Waals surface area contributed by atoms with Gasteiger partial charge in [0.2, 0.25) is 0 Å². The lowest BCUT2D eigenvalue weighted by Crippen LogP contribution is -2.36. The molecule has 2 unspecified atom stereocenters. The first-order valence-corrected chi connectivity index (χ1v) is 7.26. The number of hydrogen-bond donors (Lipinski definition) is 0. The van der Waals surface area contributed by atoms with Crippen molar-refractivity contribution in [2.75, 3.05) is 19.7 Å². The number of nitrogens with zero attached hydrogens (tertiary/aromatic N) is 1. The SMILES string of the molecule is CCOc1ccc(C(=O)CN2CC3CCC2C3)cc1. The number of ketones is 1. The number of benzene rings is 1. The third-order valence-electron chi connectivity index (χ3n) is 4.36. The molecule has 2 aliphatic rings. The summed E-state index contributed by atoms with van der Waals surface area (Å²) in [6.45, 7) is 4.31. The highest BCUT2D eigenvalue weighted by molar-refractivity contribution is 5.97. The van der Waals surface area contributed by atoms with Crippen LogP contribution in [0, 0.1) is 5.92 Å². The van der Waals surface area contributed by atoms with Crippen LogP contribution < -0.4 is 4.74 Å². The minimum Gasteiger partial charge on any atom is -0.494 e. The summed E-state index contributed by atoms with van der Waals surface area (Å²) in [6, 6.07) is 8.18. The molecule has 0 N–H and O–H groups in total. The van der Waals surface area contributed by atoms with E-state index in [-0.39, 0.29) is 5.78 Å². The zero-order valence-electron chi connectivity index (χ0n) is 11.5. The zero-order chi connectivity index (χ0) is 13.2. The van der Waals surface area contributed by atoms with E-state index in [9.17, 15) is 4.79 Å². The molecule has 19 heavy (non-hydrogen) atoms. The van der Waals surface area contributed by atoms with Gasteiger partial charge in [-0.3, -0.25) is 9.69 Å². The molecule has 3 heteroatoms. The smallest absolute Gasteiger partial charge is 0.176 e. The average Bonchev–Trinajstić information content (AvgIpc) is 3.02. The molecular formula is C16H21NO2. The van der Waals surface area contributed by atoms with Crippen LogP contribution >= 0.6 is 0 Å². The third kappa shape index (κ3) is 2.66. The zero-order valence-corrected chi connectivity index (χ0v) is 11.5. The van der Waals surface area contributed by atoms with E-state index in [0.717, 1.165) is 23.8 Å². The molecule has 102 valence electrons. The summed E-state index contributed by atoms with van der Waals surface area (Å²) >= 11 is 0. The number of carbonyl (C=O) groups is 1. The Kier molecular flexibility index (Phi) is 3.56. The molecule has 2 fully saturated rings. The van der Waals surface area contributed by atoms with Crippen LogP contribution in [0.15, 0.2) is 24.3 Å². The van der Waals surface area contributed by atoms with Gasteiger partial charge in [-0.2, -0.15) is 0 Å². The van der Waals surface area contributed by atoms with Gasteiger partial charge in [-0.25, -0.2) is 0 Å². The first-order chi connectivity index (χ1) is 9.26. The molecule has 0 spiro atoms. The molecule has 2 bridgehead atoms. The van der Waals surface area contributed by atoms with Gasteiger partial charge < -0.3 is 4.74 Å². The number of likely N-dealkylation sites (tertiary alicyclic amines) is 1. The van der Waals surface area contributed by atoms with Crippen molar-refractivity contribution >= 4 is 5.78 Å². The summed E-state index contributed by atoms with van der Waals surface area (Å²) < 4.78 is 5.39. The van der Waals surface area contributed by atoms with Gasteiger partial charge in [0.25, 0.3) is 0 Å². The topological polar surface area (TPSA) is 29.5 Å². The first-order valence-electron chi connectivity index (χ1n) is 7.26. The number of fused-ring (bicyclic) bond motifs is 2. The van der Waals surface area contributed by atoms with Crippen molar-refractivity contribution in [2.45, 2.75) is 32.2 Å². The van der Waals surface area contributed by atoms with Gasteiger partial charge >= 0.3 is 0 Å². The number of carbonyl (C=O) groups excluding carboxylic acids is 1. The maximum absolute atomic E-state index is 12.3. The van der Waals surface area contributed by atoms with Gasteiger partial charge in [-0.15, -0.1) is 0 Å². The second-order valence-electron chi connectivity index (χ2n) is 5.64. The molecule has 3 nitrogen and oxygen atoms in total. The molecule has 1 aromatic carbocycles. The largest absolute Gasteiger partial charge is 0.494 e. The molecule has 1 aliphatic carbocycles. The van der Waals surface area contributed by atoms with Crippen LogP contribution in [0.3, 0.4) is 0 Å². The molecular weight excluding hydrogens is 238 g/mol. The fourth-order valence-corrected chi connectivity index (χ4v) is 3.40. The monoisotopic (exact) mass is 259 g/mol. The molecule has 3 rings (SSSR count). The summed E-state index contributed by atoms with van der Waals surface area (Å²) in [4.78, 5) is 14.6. The van der Waals surface area contributed by atoms with Crippen molar-refractivity contribution in [3.8, 4) is 5.75 Å². The highest BCUT2D eigenvalue weighted by Gasteiger charge is 2.38. The first kappa shape index (κ1) is 12.7. The van der Waals surface area contributed by atoms with Crippen molar-refractivity contribution in [3.05, 3.63) is 29.8 Å². The summed E-state index contributed by atoms with van der Waals surface area (Å²) in [5, 5.41) is 0. The minimum absolute atomic E-state index is 0.232. The van der Waals surface area contributed by atoms with Gasteiger partial charge in [0.1, 0.15) is 5.75 Å². The fourth-order valence-electron chi connectivity index (χ4n) is 3.40. The number of rotatable bonds is 5. The molecule has 0 amide bonds. The molecule has 1 heterocycles. The Labute approximate surface area is 114 Å². The summed E-state index contributed by atoms with van der Waals surface area (Å²) in [6.07, 6.45) is 3.94. The second kappa shape index (κ2) is 5.33. The van der Waals surface area contributed by atoms with E-state index < -0.39 is 0 Å². The Morgan fingerprint density at radius 1 is 1.32 bits per heavy atom. The van der Waals surface area contributed by atoms with E-state index in [0.29, 0.717) is 19.2 Å². The maximum Gasteiger partial charge on any atom is 0.176 e. The van der Waals surface area contributed by atoms with Gasteiger partial charge in [-0.05, 0) is 56.4 Å². The molecule has 0 aromatic heterocycles. The molecule has 1 saturated heterocycles. The van der Waals surface area contributed by atoms with Gasteiger partial charge in [-0.1, -0.05) is 0 Å². The van der Waals surface area contributed by atoms with E-state index in [1.807, 2.05) is 31.2 Å². The van der Waals surface area contributed by atoms with Gasteiger partial charge in [0.15, 0.2) is 5.78 Å². The lowest BCUT2D eigenvalue weighted by Gasteiger charge is -2.25. The Bertz CT molecular complexity index is 454. The number of piperidine rings is 1. The summed E-state index contributed by atoms with van der Waals surface area (Å²) in [5.74, 6) is 1.91. The summed E-state index contributed by atoms with van der Waals surface area (Å²) in [5.41, 5.74) is 0.797. The lowest BCUT2D eigenvalue weighted by atomic mass is 10.1. The fraction of sp³-hybridized carbons (Fsp3) is 0.562. The minimum atomic E-state index is 0.232. The predicted molar refractivity (Wildman–Crippen MR) is 74.6 cm³/mol. The van der Waals surface area contributed by atoms with Crippen LogP contribution in [-0.4, -0.2) is 36.4 Å². The Hall–Kier alpha value is -1.35. The van der Waals surface area contributed by atoms with Crippen LogP contribution in [0.25, 0.3) is 0 Å². The molecule has 1 saturated carbocycles. The Morgan fingerprint density at radius 3 is 2.68 bits per heavy atom. The van der Waals surface area contributed by atoms with E-state index in [1.54, 1.807) is 0 Å². The lowest BCUT2D eigenvalue weighted by molar-refractivity contribution is 0.0905. The van der Waals surface area contributed by atoms with Crippen LogP contribution in [0.5, 0.6) is 5.75 Å². The van der Waals surface area contributed by atoms with E-state index in [4.69, 9.17) is 4.74 Å². The van der Waals surface area contributed by atoms with Crippen LogP contribution in [-0.2, 0) is 0 Å². The quantitative estimate of drug-likeness (QED) is 0.761. The van der Waals surface area contributed by atoms with Gasteiger partial charge in [0, 0.05) is 18.2 Å². The number of ether oxygens (including phenoxy) is 1. The van der Waals surface area contributed by atoms with Gasteiger partial charge in [0.05, 0.1) is 13.2 Å². The Balaban J connectivity index is 1.60. The average molecular weight is 259 g/mol. The van der Waals surface area contributed by atoms with E-state index in [1.165, 1.54) is 19.3 Å². The predicted octanol–water partition coefficient (Wildman–Crippen LogP) is 2.75. The third-order valence-corrected chi connectivity index (χ3v) is 4.36. The van der Waals surface area contributed by atoms with Crippen molar-refractivity contribution in [1.29, 1.82) is 0 Å². The molecule has 2 atom stereocenters. The van der Waals surface area contributed by atoms with E-state index in [2.05, 4.69) is 4.90 Å².